The first-order valence-electron chi connectivity index (χ1n) is 12.8. The molecule has 4 rings (SSSR count). The number of benzene rings is 3. The zero-order chi connectivity index (χ0) is 26.0. The lowest BCUT2D eigenvalue weighted by Crippen LogP contribution is -2.36. The first-order valence-corrected chi connectivity index (χ1v) is 12.8. The van der Waals surface area contributed by atoms with Crippen molar-refractivity contribution in [3.8, 4) is 11.5 Å². The molecule has 194 valence electrons. The van der Waals surface area contributed by atoms with Gasteiger partial charge in [-0.3, -0.25) is 9.69 Å². The smallest absolute Gasteiger partial charge is 0.250 e. The number of piperidine rings is 1. The van der Waals surface area contributed by atoms with Crippen LogP contribution in [0.2, 0.25) is 0 Å². The summed E-state index contributed by atoms with van der Waals surface area (Å²) in [4.78, 5) is 17.7. The number of rotatable bonds is 10. The van der Waals surface area contributed by atoms with E-state index in [4.69, 9.17) is 9.47 Å². The third kappa shape index (κ3) is 7.67. The Balaban J connectivity index is 1.43. The second-order valence-electron chi connectivity index (χ2n) is 9.44. The predicted octanol–water partition coefficient (Wildman–Crippen LogP) is 6.19. The van der Waals surface area contributed by atoms with Gasteiger partial charge in [0.2, 0.25) is 0 Å². The number of carbonyl (C=O) groups is 1. The van der Waals surface area contributed by atoms with E-state index in [0.717, 1.165) is 50.1 Å². The molecule has 5 nitrogen and oxygen atoms in total. The van der Waals surface area contributed by atoms with Crippen LogP contribution >= 0.6 is 0 Å². The molecule has 1 saturated heterocycles. The van der Waals surface area contributed by atoms with Gasteiger partial charge in [0.15, 0.2) is 0 Å². The Kier molecular flexibility index (Phi) is 9.33. The molecule has 37 heavy (non-hydrogen) atoms. The molecule has 0 spiro atoms. The second kappa shape index (κ2) is 13.1. The Labute approximate surface area is 219 Å². The van der Waals surface area contributed by atoms with Crippen LogP contribution in [0.25, 0.3) is 6.08 Å². The first kappa shape index (κ1) is 26.4. The summed E-state index contributed by atoms with van der Waals surface area (Å²) in [6.45, 7) is 3.69. The van der Waals surface area contributed by atoms with Crippen molar-refractivity contribution in [2.75, 3.05) is 38.8 Å². The van der Waals surface area contributed by atoms with E-state index in [1.807, 2.05) is 12.1 Å². The Morgan fingerprint density at radius 3 is 2.24 bits per heavy atom. The largest absolute Gasteiger partial charge is 0.497 e. The molecule has 6 heteroatoms. The molecular formula is C31H35FN2O3. The maximum absolute atomic E-state index is 13.4. The van der Waals surface area contributed by atoms with Gasteiger partial charge in [0, 0.05) is 37.4 Å². The van der Waals surface area contributed by atoms with Crippen LogP contribution in [0, 0.1) is 11.7 Å². The Morgan fingerprint density at radius 1 is 0.973 bits per heavy atom. The minimum Gasteiger partial charge on any atom is -0.497 e. The number of halogens is 1. The first-order chi connectivity index (χ1) is 18.0. The van der Waals surface area contributed by atoms with Crippen LogP contribution in [0.1, 0.15) is 30.4 Å². The van der Waals surface area contributed by atoms with Crippen LogP contribution in [0.15, 0.2) is 78.9 Å². The number of ether oxygens (including phenoxy) is 2. The summed E-state index contributed by atoms with van der Waals surface area (Å²) in [5.74, 6) is 1.37. The van der Waals surface area contributed by atoms with Crippen molar-refractivity contribution in [1.29, 1.82) is 0 Å². The second-order valence-corrected chi connectivity index (χ2v) is 9.44. The number of methoxy groups -OCH3 is 2. The third-order valence-corrected chi connectivity index (χ3v) is 6.92. The topological polar surface area (TPSA) is 42.0 Å². The van der Waals surface area contributed by atoms with Crippen molar-refractivity contribution in [3.05, 3.63) is 95.8 Å². The van der Waals surface area contributed by atoms with E-state index in [2.05, 4.69) is 35.2 Å². The van der Waals surface area contributed by atoms with Gasteiger partial charge < -0.3 is 14.4 Å². The molecule has 1 aliphatic rings. The Bertz CT molecular complexity index is 1150. The lowest BCUT2D eigenvalue weighted by molar-refractivity contribution is -0.114. The molecule has 0 radical (unpaired) electrons. The maximum Gasteiger partial charge on any atom is 0.250 e. The van der Waals surface area contributed by atoms with Gasteiger partial charge in [-0.1, -0.05) is 42.5 Å². The Hall–Kier alpha value is -3.64. The van der Waals surface area contributed by atoms with E-state index in [-0.39, 0.29) is 11.7 Å². The fraction of sp³-hybridized carbons (Fsp3) is 0.323. The van der Waals surface area contributed by atoms with Gasteiger partial charge in [0.25, 0.3) is 5.91 Å². The Morgan fingerprint density at radius 2 is 1.62 bits per heavy atom. The van der Waals surface area contributed by atoms with E-state index in [1.54, 1.807) is 49.5 Å². The van der Waals surface area contributed by atoms with Crippen LogP contribution in [0.3, 0.4) is 0 Å². The number of hydrogen-bond donors (Lipinski definition) is 0. The fourth-order valence-corrected chi connectivity index (χ4v) is 4.73. The van der Waals surface area contributed by atoms with Crippen LogP contribution in [-0.4, -0.2) is 44.7 Å². The van der Waals surface area contributed by atoms with Crippen molar-refractivity contribution in [2.24, 2.45) is 5.92 Å². The molecule has 0 N–H and O–H groups in total. The summed E-state index contributed by atoms with van der Waals surface area (Å²) in [6, 6.07) is 22.2. The van der Waals surface area contributed by atoms with Gasteiger partial charge in [0.05, 0.1) is 19.9 Å². The van der Waals surface area contributed by atoms with E-state index in [9.17, 15) is 9.18 Å². The molecule has 3 aromatic carbocycles. The molecule has 0 unspecified atom stereocenters. The number of likely N-dealkylation sites (tertiary alicyclic amines) is 1. The standard InChI is InChI=1S/C31H35FN2O3/c1-36-29-20-28(21-30(22-29)37-2)34(31(35)13-10-24-8-11-27(32)12-9-24)19-16-25-14-17-33(18-15-25)23-26-6-4-3-5-7-26/h3-13,20-22,25H,14-19,23H2,1-2H3. The quantitative estimate of drug-likeness (QED) is 0.310. The molecule has 0 aromatic heterocycles. The zero-order valence-corrected chi connectivity index (χ0v) is 21.6. The number of hydrogen-bond acceptors (Lipinski definition) is 4. The van der Waals surface area contributed by atoms with E-state index in [1.165, 1.54) is 17.7 Å². The highest BCUT2D eigenvalue weighted by molar-refractivity contribution is 6.04. The highest BCUT2D eigenvalue weighted by Gasteiger charge is 2.22. The number of nitrogens with zero attached hydrogens (tertiary/aromatic N) is 2. The van der Waals surface area contributed by atoms with Crippen molar-refractivity contribution in [3.63, 3.8) is 0 Å². The van der Waals surface area contributed by atoms with Gasteiger partial charge in [-0.2, -0.15) is 0 Å². The lowest BCUT2D eigenvalue weighted by atomic mass is 9.93. The van der Waals surface area contributed by atoms with E-state index < -0.39 is 0 Å². The highest BCUT2D eigenvalue weighted by atomic mass is 19.1. The summed E-state index contributed by atoms with van der Waals surface area (Å²) in [7, 11) is 3.20. The molecule has 1 amide bonds. The van der Waals surface area contributed by atoms with E-state index in [0.29, 0.717) is 24.0 Å². The summed E-state index contributed by atoms with van der Waals surface area (Å²) in [5.41, 5.74) is 2.84. The van der Waals surface area contributed by atoms with Crippen LogP contribution in [0.4, 0.5) is 10.1 Å². The number of anilines is 1. The molecule has 0 atom stereocenters. The molecule has 3 aromatic rings. The van der Waals surface area contributed by atoms with Gasteiger partial charge in [0.1, 0.15) is 17.3 Å². The van der Waals surface area contributed by atoms with Crippen LogP contribution in [-0.2, 0) is 11.3 Å². The SMILES string of the molecule is COc1cc(OC)cc(N(CCC2CCN(Cc3ccccc3)CC2)C(=O)C=Cc2ccc(F)cc2)c1. The minimum atomic E-state index is -0.302. The number of amides is 1. The zero-order valence-electron chi connectivity index (χ0n) is 21.6. The minimum absolute atomic E-state index is 0.138. The lowest BCUT2D eigenvalue weighted by Gasteiger charge is -2.33. The van der Waals surface area contributed by atoms with Gasteiger partial charge in [-0.25, -0.2) is 4.39 Å². The molecule has 0 bridgehead atoms. The summed E-state index contributed by atoms with van der Waals surface area (Å²) < 4.78 is 24.2. The number of carbonyl (C=O) groups excluding carboxylic acids is 1. The summed E-state index contributed by atoms with van der Waals surface area (Å²) >= 11 is 0. The molecule has 1 fully saturated rings. The van der Waals surface area contributed by atoms with Crippen molar-refractivity contribution >= 4 is 17.7 Å². The molecule has 0 saturated carbocycles. The molecule has 1 heterocycles. The monoisotopic (exact) mass is 502 g/mol. The van der Waals surface area contributed by atoms with Gasteiger partial charge in [-0.15, -0.1) is 0 Å². The molecule has 1 aliphatic heterocycles. The molecule has 0 aliphatic carbocycles. The molecular weight excluding hydrogens is 467 g/mol. The maximum atomic E-state index is 13.4. The van der Waals surface area contributed by atoms with Crippen LogP contribution in [0.5, 0.6) is 11.5 Å². The average Bonchev–Trinajstić information content (AvgIpc) is 2.94. The normalized spacial score (nSPS) is 14.6. The predicted molar refractivity (Wildman–Crippen MR) is 146 cm³/mol. The average molecular weight is 503 g/mol. The summed E-state index contributed by atoms with van der Waals surface area (Å²) in [5, 5.41) is 0. The van der Waals surface area contributed by atoms with Gasteiger partial charge >= 0.3 is 0 Å². The third-order valence-electron chi connectivity index (χ3n) is 6.92. The van der Waals surface area contributed by atoms with Crippen molar-refractivity contribution in [2.45, 2.75) is 25.8 Å². The van der Waals surface area contributed by atoms with E-state index >= 15 is 0 Å². The van der Waals surface area contributed by atoms with Crippen molar-refractivity contribution in [1.82, 2.24) is 4.90 Å². The van der Waals surface area contributed by atoms with Crippen LogP contribution < -0.4 is 14.4 Å². The van der Waals surface area contributed by atoms with Gasteiger partial charge in [-0.05, 0) is 67.6 Å². The van der Waals surface area contributed by atoms with Crippen molar-refractivity contribution < 1.29 is 18.7 Å². The fourth-order valence-electron chi connectivity index (χ4n) is 4.73. The summed E-state index contributed by atoms with van der Waals surface area (Å²) in [6.07, 6.45) is 6.40. The highest BCUT2D eigenvalue weighted by Crippen LogP contribution is 2.30.